The highest BCUT2D eigenvalue weighted by Gasteiger charge is 2.28. The second kappa shape index (κ2) is 5.81. The highest BCUT2D eigenvalue weighted by Crippen LogP contribution is 2.13. The van der Waals surface area contributed by atoms with E-state index in [4.69, 9.17) is 20.4 Å². The normalized spacial score (nSPS) is 21.1. The molecule has 12 heavy (non-hydrogen) atoms. The molecule has 0 aromatic rings. The van der Waals surface area contributed by atoms with Gasteiger partial charge in [0.25, 0.3) is 0 Å². The minimum atomic E-state index is -1.52. The number of carbonyl (C=O) groups excluding carboxylic acids is 1. The summed E-state index contributed by atoms with van der Waals surface area (Å²) < 4.78 is -0.771. The van der Waals surface area contributed by atoms with Gasteiger partial charge in [0.05, 0.1) is 16.6 Å². The highest BCUT2D eigenvalue weighted by atomic mass is 124. The third-order valence-corrected chi connectivity index (χ3v) is 2.94. The summed E-state index contributed by atoms with van der Waals surface area (Å²) in [4.78, 5) is 10.0. The van der Waals surface area contributed by atoms with Crippen molar-refractivity contribution < 1.29 is 25.2 Å². The molecule has 0 heterocycles. The molecule has 5 nitrogen and oxygen atoms in total. The average molecular weight is 287 g/mol. The molecule has 0 aliphatic heterocycles. The van der Waals surface area contributed by atoms with E-state index in [2.05, 4.69) is 0 Å². The molecule has 0 aromatic carbocycles. The molecule has 0 saturated carbocycles. The monoisotopic (exact) mass is 287 g/mol. The molecular formula is C6H11IO5. The van der Waals surface area contributed by atoms with Gasteiger partial charge in [-0.15, -0.1) is 0 Å². The molecule has 0 aliphatic carbocycles. The standard InChI is InChI=1S/C6H11IO5/c7-5(3(10)1-8)6(12)4(11)2-9/h2-6,8,10-12H,1H2/t3-,4+,5-,6-/m1/s1/i7-3. The first-order valence-corrected chi connectivity index (χ1v) is 4.53. The van der Waals surface area contributed by atoms with E-state index in [-0.39, 0.29) is 6.29 Å². The fourth-order valence-corrected chi connectivity index (χ4v) is 1.25. The maximum Gasteiger partial charge on any atom is 0.151 e. The number of alkyl halides is 1. The molecule has 0 spiro atoms. The number of halogens is 1. The Hall–Kier alpha value is 0.240. The number of carbonyl (C=O) groups is 1. The number of rotatable bonds is 5. The molecular weight excluding hydrogens is 276 g/mol. The predicted molar refractivity (Wildman–Crippen MR) is 49.0 cm³/mol. The molecule has 0 radical (unpaired) electrons. The van der Waals surface area contributed by atoms with Crippen molar-refractivity contribution >= 4 is 28.9 Å². The number of aldehydes is 1. The van der Waals surface area contributed by atoms with Crippen molar-refractivity contribution in [3.05, 3.63) is 0 Å². The first-order chi connectivity index (χ1) is 5.54. The fraction of sp³-hybridized carbons (Fsp3) is 0.833. The first-order valence-electron chi connectivity index (χ1n) is 3.29. The van der Waals surface area contributed by atoms with E-state index in [1.165, 1.54) is 0 Å². The molecule has 4 N–H and O–H groups in total. The summed E-state index contributed by atoms with van der Waals surface area (Å²) in [5.74, 6) is 0. The summed E-state index contributed by atoms with van der Waals surface area (Å²) in [5.41, 5.74) is 0. The number of aliphatic hydroxyl groups is 4. The van der Waals surface area contributed by atoms with Crippen LogP contribution in [-0.2, 0) is 4.79 Å². The van der Waals surface area contributed by atoms with Crippen LogP contribution >= 0.6 is 22.6 Å². The molecule has 4 atom stereocenters. The lowest BCUT2D eigenvalue weighted by Gasteiger charge is -2.22. The highest BCUT2D eigenvalue weighted by molar-refractivity contribution is 14.1. The lowest BCUT2D eigenvalue weighted by atomic mass is 10.1. The van der Waals surface area contributed by atoms with Crippen molar-refractivity contribution in [2.24, 2.45) is 0 Å². The zero-order chi connectivity index (χ0) is 9.72. The number of hydrogen-bond acceptors (Lipinski definition) is 5. The van der Waals surface area contributed by atoms with Gasteiger partial charge in [-0.25, -0.2) is 0 Å². The van der Waals surface area contributed by atoms with Gasteiger partial charge < -0.3 is 25.2 Å². The molecule has 6 heteroatoms. The van der Waals surface area contributed by atoms with E-state index in [0.29, 0.717) is 0 Å². The maximum absolute atomic E-state index is 10.0. The zero-order valence-electron chi connectivity index (χ0n) is 6.17. The Morgan fingerprint density at radius 2 is 1.83 bits per heavy atom. The Morgan fingerprint density at radius 3 is 2.17 bits per heavy atom. The predicted octanol–water partition coefficient (Wildman–Crippen LogP) is -1.94. The van der Waals surface area contributed by atoms with Gasteiger partial charge >= 0.3 is 0 Å². The van der Waals surface area contributed by atoms with Crippen LogP contribution in [0.25, 0.3) is 0 Å². The summed E-state index contributed by atoms with van der Waals surface area (Å²) >= 11 is 1.65. The van der Waals surface area contributed by atoms with Crippen LogP contribution in [0.1, 0.15) is 0 Å². The molecule has 0 unspecified atom stereocenters. The van der Waals surface area contributed by atoms with Crippen molar-refractivity contribution in [3.8, 4) is 0 Å². The van der Waals surface area contributed by atoms with Crippen molar-refractivity contribution in [1.29, 1.82) is 0 Å². The first kappa shape index (κ1) is 12.2. The minimum Gasteiger partial charge on any atom is -0.394 e. The summed E-state index contributed by atoms with van der Waals surface area (Å²) in [6.45, 7) is -0.518. The Bertz CT molecular complexity index is 142. The van der Waals surface area contributed by atoms with Gasteiger partial charge in [-0.1, -0.05) is 22.6 Å². The van der Waals surface area contributed by atoms with Gasteiger partial charge in [0.2, 0.25) is 0 Å². The lowest BCUT2D eigenvalue weighted by Crippen LogP contribution is -2.42. The van der Waals surface area contributed by atoms with Crippen LogP contribution in [0.3, 0.4) is 0 Å². The van der Waals surface area contributed by atoms with E-state index in [1.807, 2.05) is 0 Å². The van der Waals surface area contributed by atoms with Crippen LogP contribution in [0.4, 0.5) is 0 Å². The lowest BCUT2D eigenvalue weighted by molar-refractivity contribution is -0.120. The van der Waals surface area contributed by atoms with Crippen LogP contribution in [0.15, 0.2) is 0 Å². The third-order valence-electron chi connectivity index (χ3n) is 1.37. The van der Waals surface area contributed by atoms with Gasteiger partial charge in [0.1, 0.15) is 12.2 Å². The van der Waals surface area contributed by atoms with Crippen LogP contribution < -0.4 is 0 Å². The Kier molecular flexibility index (Phi) is 5.93. The number of aliphatic hydroxyl groups excluding tert-OH is 4. The second-order valence-corrected chi connectivity index (χ2v) is 3.75. The van der Waals surface area contributed by atoms with Crippen molar-refractivity contribution in [2.75, 3.05) is 6.61 Å². The largest absolute Gasteiger partial charge is 0.394 e. The van der Waals surface area contributed by atoms with Crippen molar-refractivity contribution in [2.45, 2.75) is 22.2 Å². The van der Waals surface area contributed by atoms with Crippen molar-refractivity contribution in [1.82, 2.24) is 0 Å². The quantitative estimate of drug-likeness (QED) is 0.268. The molecule has 0 saturated heterocycles. The smallest absolute Gasteiger partial charge is 0.151 e. The van der Waals surface area contributed by atoms with E-state index < -0.39 is 28.8 Å². The summed E-state index contributed by atoms with van der Waals surface area (Å²) in [6.07, 6.45) is -3.84. The van der Waals surface area contributed by atoms with Gasteiger partial charge in [0.15, 0.2) is 6.29 Å². The van der Waals surface area contributed by atoms with Crippen LogP contribution in [-0.4, -0.2) is 55.6 Å². The van der Waals surface area contributed by atoms with Gasteiger partial charge in [0, 0.05) is 0 Å². The van der Waals surface area contributed by atoms with E-state index in [1.54, 1.807) is 22.6 Å². The minimum absolute atomic E-state index is 0.181. The summed E-state index contributed by atoms with van der Waals surface area (Å²) in [5, 5.41) is 35.4. The number of hydrogen-bond donors (Lipinski definition) is 4. The average Bonchev–Trinajstić information content (AvgIpc) is 2.12. The SMILES string of the molecule is O=C[C@H](O)[C@@H](O)[C@H]([124I])[C@H](O)CO. The Balaban J connectivity index is 4.07. The third kappa shape index (κ3) is 3.31. The Labute approximate surface area is 83.2 Å². The van der Waals surface area contributed by atoms with E-state index in [0.717, 1.165) is 0 Å². The van der Waals surface area contributed by atoms with Crippen LogP contribution in [0.5, 0.6) is 0 Å². The Morgan fingerprint density at radius 1 is 1.33 bits per heavy atom. The van der Waals surface area contributed by atoms with Gasteiger partial charge in [-0.05, 0) is 0 Å². The van der Waals surface area contributed by atoms with Crippen molar-refractivity contribution in [3.63, 3.8) is 0 Å². The molecule has 0 aliphatic rings. The molecule has 0 fully saturated rings. The van der Waals surface area contributed by atoms with Gasteiger partial charge in [-0.3, -0.25) is 0 Å². The molecule has 0 bridgehead atoms. The molecule has 0 rings (SSSR count). The van der Waals surface area contributed by atoms with Crippen LogP contribution in [0, 0.1) is 0 Å². The maximum atomic E-state index is 10.0. The molecule has 0 aromatic heterocycles. The van der Waals surface area contributed by atoms with Gasteiger partial charge in [-0.2, -0.15) is 0 Å². The molecule has 0 amide bonds. The zero-order valence-corrected chi connectivity index (χ0v) is 8.33. The summed E-state index contributed by atoms with van der Waals surface area (Å²) in [7, 11) is 0. The second-order valence-electron chi connectivity index (χ2n) is 2.31. The fourth-order valence-electron chi connectivity index (χ4n) is 0.597. The topological polar surface area (TPSA) is 98.0 Å². The van der Waals surface area contributed by atoms with E-state index >= 15 is 0 Å². The van der Waals surface area contributed by atoms with E-state index in [9.17, 15) is 4.79 Å². The summed E-state index contributed by atoms with van der Waals surface area (Å²) in [6, 6.07) is 0. The van der Waals surface area contributed by atoms with Crippen LogP contribution in [0.2, 0.25) is 0 Å². The molecule has 72 valence electrons.